The number of anilines is 1. The molecule has 1 aromatic carbocycles. The Labute approximate surface area is 148 Å². The van der Waals surface area contributed by atoms with Crippen LogP contribution in [0.1, 0.15) is 12.7 Å². The van der Waals surface area contributed by atoms with E-state index >= 15 is 0 Å². The van der Waals surface area contributed by atoms with Crippen LogP contribution in [-0.4, -0.2) is 26.0 Å². The first-order valence-corrected chi connectivity index (χ1v) is 7.93. The summed E-state index contributed by atoms with van der Waals surface area (Å²) in [4.78, 5) is 12.1. The minimum absolute atomic E-state index is 0.231. The van der Waals surface area contributed by atoms with Crippen molar-refractivity contribution in [2.75, 3.05) is 11.2 Å². The van der Waals surface area contributed by atoms with Gasteiger partial charge in [-0.25, -0.2) is 4.68 Å². The van der Waals surface area contributed by atoms with Gasteiger partial charge in [0.05, 0.1) is 16.0 Å². The number of alkyl halides is 3. The Kier molecular flexibility index (Phi) is 5.51. The lowest BCUT2D eigenvalue weighted by Gasteiger charge is -2.13. The lowest BCUT2D eigenvalue weighted by Crippen LogP contribution is -2.25. The van der Waals surface area contributed by atoms with Crippen LogP contribution >= 0.6 is 35.0 Å². The fourth-order valence-electron chi connectivity index (χ4n) is 1.59. The fraction of sp³-hybridized carbons (Fsp3) is 0.250. The van der Waals surface area contributed by atoms with E-state index in [0.29, 0.717) is 15.4 Å². The Morgan fingerprint density at radius 1 is 1.38 bits per heavy atom. The third-order valence-corrected chi connectivity index (χ3v) is 4.36. The molecule has 1 unspecified atom stereocenters. The summed E-state index contributed by atoms with van der Waals surface area (Å²) < 4.78 is 38.1. The number of nitrogens with one attached hydrogen (secondary N) is 1. The minimum Gasteiger partial charge on any atom is -0.335 e. The van der Waals surface area contributed by atoms with Gasteiger partial charge in [-0.15, -0.1) is 10.2 Å². The summed E-state index contributed by atoms with van der Waals surface area (Å²) in [7, 11) is 0. The molecular formula is C12H10Cl2F3N5OS. The van der Waals surface area contributed by atoms with Crippen LogP contribution in [0.4, 0.5) is 18.9 Å². The van der Waals surface area contributed by atoms with E-state index in [-0.39, 0.29) is 10.2 Å². The molecule has 1 aromatic heterocycles. The Morgan fingerprint density at radius 3 is 2.58 bits per heavy atom. The number of carbonyl (C=O) groups is 1. The molecule has 1 atom stereocenters. The molecule has 3 N–H and O–H groups in total. The summed E-state index contributed by atoms with van der Waals surface area (Å²) in [5.74, 6) is 3.47. The average molecular weight is 400 g/mol. The summed E-state index contributed by atoms with van der Waals surface area (Å²) in [6.45, 7) is 1.48. The van der Waals surface area contributed by atoms with Gasteiger partial charge in [0, 0.05) is 5.02 Å². The highest BCUT2D eigenvalue weighted by molar-refractivity contribution is 8.00. The number of benzene rings is 1. The lowest BCUT2D eigenvalue weighted by molar-refractivity contribution is -0.146. The van der Waals surface area contributed by atoms with Gasteiger partial charge < -0.3 is 11.2 Å². The molecule has 0 radical (unpaired) electrons. The average Bonchev–Trinajstić information content (AvgIpc) is 2.83. The molecule has 0 bridgehead atoms. The van der Waals surface area contributed by atoms with Crippen LogP contribution in [0.3, 0.4) is 0 Å². The number of aromatic nitrogens is 3. The van der Waals surface area contributed by atoms with E-state index in [4.69, 9.17) is 29.0 Å². The molecule has 1 heterocycles. The maximum atomic E-state index is 12.6. The van der Waals surface area contributed by atoms with E-state index in [2.05, 4.69) is 15.5 Å². The standard InChI is InChI=1S/C12H10Cl2F3N5OS/c1-5(9(23)19-8-3-2-6(13)4-7(8)14)24-11-21-20-10(22(11)18)12(15,16)17/h2-5H,18H2,1H3,(H,19,23). The van der Waals surface area contributed by atoms with Gasteiger partial charge in [0.15, 0.2) is 0 Å². The predicted octanol–water partition coefficient (Wildman–Crippen LogP) is 3.44. The molecule has 130 valence electrons. The van der Waals surface area contributed by atoms with Gasteiger partial charge in [-0.05, 0) is 25.1 Å². The molecular weight excluding hydrogens is 390 g/mol. The molecule has 12 heteroatoms. The second kappa shape index (κ2) is 7.08. The number of hydrogen-bond donors (Lipinski definition) is 2. The molecule has 24 heavy (non-hydrogen) atoms. The SMILES string of the molecule is CC(Sc1nnc(C(F)(F)F)n1N)C(=O)Nc1ccc(Cl)cc1Cl. The summed E-state index contributed by atoms with van der Waals surface area (Å²) >= 11 is 12.4. The van der Waals surface area contributed by atoms with E-state index in [1.807, 2.05) is 0 Å². The maximum absolute atomic E-state index is 12.6. The van der Waals surface area contributed by atoms with E-state index in [1.54, 1.807) is 0 Å². The summed E-state index contributed by atoms with van der Waals surface area (Å²) in [6, 6.07) is 4.49. The van der Waals surface area contributed by atoms with Crippen molar-refractivity contribution in [1.82, 2.24) is 14.9 Å². The number of nitrogens with zero attached hydrogens (tertiary/aromatic N) is 3. The first-order valence-electron chi connectivity index (χ1n) is 6.30. The first-order chi connectivity index (χ1) is 11.1. The second-order valence-electron chi connectivity index (χ2n) is 4.55. The van der Waals surface area contributed by atoms with Crippen LogP contribution < -0.4 is 11.2 Å². The smallest absolute Gasteiger partial charge is 0.335 e. The van der Waals surface area contributed by atoms with Gasteiger partial charge in [-0.1, -0.05) is 35.0 Å². The van der Waals surface area contributed by atoms with Crippen LogP contribution in [0.5, 0.6) is 0 Å². The zero-order valence-electron chi connectivity index (χ0n) is 11.9. The summed E-state index contributed by atoms with van der Waals surface area (Å²) in [5, 5.41) is 8.46. The zero-order valence-corrected chi connectivity index (χ0v) is 14.3. The molecule has 0 fully saturated rings. The van der Waals surface area contributed by atoms with Crippen molar-refractivity contribution in [3.05, 3.63) is 34.1 Å². The van der Waals surface area contributed by atoms with Crippen LogP contribution in [0.25, 0.3) is 0 Å². The van der Waals surface area contributed by atoms with E-state index in [1.165, 1.54) is 25.1 Å². The largest absolute Gasteiger partial charge is 0.453 e. The van der Waals surface area contributed by atoms with Crippen molar-refractivity contribution in [2.45, 2.75) is 23.5 Å². The Balaban J connectivity index is 2.08. The molecule has 1 amide bonds. The molecule has 0 saturated carbocycles. The van der Waals surface area contributed by atoms with Gasteiger partial charge in [0.1, 0.15) is 0 Å². The number of rotatable bonds is 4. The van der Waals surface area contributed by atoms with Crippen LogP contribution in [0, 0.1) is 0 Å². The number of amides is 1. The number of nitrogen functional groups attached to an aromatic ring is 1. The van der Waals surface area contributed by atoms with Gasteiger partial charge in [-0.2, -0.15) is 13.2 Å². The number of thioether (sulfide) groups is 1. The van der Waals surface area contributed by atoms with Crippen molar-refractivity contribution < 1.29 is 18.0 Å². The first kappa shape index (κ1) is 18.7. The van der Waals surface area contributed by atoms with Gasteiger partial charge >= 0.3 is 6.18 Å². The van der Waals surface area contributed by atoms with Crippen LogP contribution in [0.2, 0.25) is 10.0 Å². The second-order valence-corrected chi connectivity index (χ2v) is 6.70. The maximum Gasteiger partial charge on any atom is 0.453 e. The predicted molar refractivity (Wildman–Crippen MR) is 85.6 cm³/mol. The molecule has 2 aromatic rings. The number of carbonyl (C=O) groups excluding carboxylic acids is 1. The molecule has 0 aliphatic heterocycles. The molecule has 2 rings (SSSR count). The number of halogens is 5. The molecule has 0 aliphatic carbocycles. The highest BCUT2D eigenvalue weighted by atomic mass is 35.5. The molecule has 0 spiro atoms. The van der Waals surface area contributed by atoms with Crippen LogP contribution in [0.15, 0.2) is 23.4 Å². The Hall–Kier alpha value is -1.65. The minimum atomic E-state index is -4.73. The van der Waals surface area contributed by atoms with E-state index < -0.39 is 23.2 Å². The van der Waals surface area contributed by atoms with Gasteiger partial charge in [0.2, 0.25) is 11.1 Å². The summed E-state index contributed by atoms with van der Waals surface area (Å²) in [5.41, 5.74) is 0.323. The van der Waals surface area contributed by atoms with Crippen molar-refractivity contribution in [2.24, 2.45) is 0 Å². The van der Waals surface area contributed by atoms with Crippen LogP contribution in [-0.2, 0) is 11.0 Å². The highest BCUT2D eigenvalue weighted by Gasteiger charge is 2.38. The third-order valence-electron chi connectivity index (χ3n) is 2.76. The highest BCUT2D eigenvalue weighted by Crippen LogP contribution is 2.31. The number of hydrogen-bond acceptors (Lipinski definition) is 5. The topological polar surface area (TPSA) is 85.8 Å². The third kappa shape index (κ3) is 4.25. The van der Waals surface area contributed by atoms with Crippen molar-refractivity contribution in [1.29, 1.82) is 0 Å². The quantitative estimate of drug-likeness (QED) is 0.607. The van der Waals surface area contributed by atoms with Gasteiger partial charge in [-0.3, -0.25) is 4.79 Å². The van der Waals surface area contributed by atoms with Crippen molar-refractivity contribution >= 4 is 46.6 Å². The fourth-order valence-corrected chi connectivity index (χ4v) is 2.81. The Bertz CT molecular complexity index is 768. The normalized spacial score (nSPS) is 12.9. The summed E-state index contributed by atoms with van der Waals surface area (Å²) in [6.07, 6.45) is -4.73. The lowest BCUT2D eigenvalue weighted by atomic mass is 10.3. The number of nitrogens with two attached hydrogens (primary N) is 1. The van der Waals surface area contributed by atoms with Gasteiger partial charge in [0.25, 0.3) is 5.82 Å². The Morgan fingerprint density at radius 2 is 2.04 bits per heavy atom. The van der Waals surface area contributed by atoms with Crippen molar-refractivity contribution in [3.63, 3.8) is 0 Å². The van der Waals surface area contributed by atoms with E-state index in [9.17, 15) is 18.0 Å². The van der Waals surface area contributed by atoms with Crippen molar-refractivity contribution in [3.8, 4) is 0 Å². The zero-order chi connectivity index (χ0) is 18.1. The van der Waals surface area contributed by atoms with E-state index in [0.717, 1.165) is 11.8 Å². The monoisotopic (exact) mass is 399 g/mol. The molecule has 6 nitrogen and oxygen atoms in total. The molecule has 0 saturated heterocycles. The molecule has 0 aliphatic rings.